The van der Waals surface area contributed by atoms with E-state index < -0.39 is 0 Å². The molecule has 2 N–H and O–H groups in total. The Hall–Kier alpha value is -5.36. The summed E-state index contributed by atoms with van der Waals surface area (Å²) in [4.78, 5) is 0. The van der Waals surface area contributed by atoms with Crippen molar-refractivity contribution in [3.8, 4) is 11.5 Å². The summed E-state index contributed by atoms with van der Waals surface area (Å²) in [6, 6.07) is 38.3. The minimum Gasteiger partial charge on any atom is -0.506 e. The van der Waals surface area contributed by atoms with E-state index in [-0.39, 0.29) is 11.5 Å². The van der Waals surface area contributed by atoms with E-state index in [4.69, 9.17) is 0 Å². The molecule has 0 unspecified atom stereocenters. The number of nitrogens with zero attached hydrogens (tertiary/aromatic N) is 4. The van der Waals surface area contributed by atoms with Crippen molar-refractivity contribution in [1.82, 2.24) is 0 Å². The van der Waals surface area contributed by atoms with E-state index in [1.807, 2.05) is 109 Å². The standard InChI is InChI=1S/C33H24N4O2/c38-30-19-13-24-5-1-3-7-28(24)32(30)36-34-26-15-9-22(10-16-26)21-23-11-17-27(18-12-23)35-37-33-29-8-4-2-6-25(29)14-20-31(33)39/h1-20,38-39H,21H2. The first-order valence-corrected chi connectivity index (χ1v) is 12.6. The number of aromatic hydroxyl groups is 2. The lowest BCUT2D eigenvalue weighted by Gasteiger charge is -2.05. The summed E-state index contributed by atoms with van der Waals surface area (Å²) in [6.07, 6.45) is 0.753. The van der Waals surface area contributed by atoms with Crippen LogP contribution in [0.1, 0.15) is 11.1 Å². The Morgan fingerprint density at radius 3 is 1.26 bits per heavy atom. The van der Waals surface area contributed by atoms with Crippen LogP contribution < -0.4 is 0 Å². The highest BCUT2D eigenvalue weighted by atomic mass is 16.3. The Balaban J connectivity index is 1.14. The molecule has 0 heterocycles. The van der Waals surface area contributed by atoms with E-state index in [0.29, 0.717) is 22.7 Å². The number of fused-ring (bicyclic) bond motifs is 2. The zero-order valence-corrected chi connectivity index (χ0v) is 20.9. The molecule has 6 aromatic rings. The molecule has 0 aromatic heterocycles. The van der Waals surface area contributed by atoms with Gasteiger partial charge in [-0.1, -0.05) is 84.9 Å². The number of azo groups is 2. The molecular weight excluding hydrogens is 484 g/mol. The Morgan fingerprint density at radius 1 is 0.410 bits per heavy atom. The Bertz CT molecular complexity index is 1710. The van der Waals surface area contributed by atoms with Crippen molar-refractivity contribution in [3.05, 3.63) is 132 Å². The third-order valence-electron chi connectivity index (χ3n) is 6.57. The maximum atomic E-state index is 10.3. The van der Waals surface area contributed by atoms with E-state index in [1.165, 1.54) is 0 Å². The first kappa shape index (κ1) is 24.0. The van der Waals surface area contributed by atoms with Gasteiger partial charge in [0.1, 0.15) is 22.9 Å². The van der Waals surface area contributed by atoms with Crippen LogP contribution in [0.25, 0.3) is 21.5 Å². The summed E-state index contributed by atoms with van der Waals surface area (Å²) >= 11 is 0. The fourth-order valence-corrected chi connectivity index (χ4v) is 4.51. The van der Waals surface area contributed by atoms with Gasteiger partial charge < -0.3 is 10.2 Å². The SMILES string of the molecule is Oc1ccc2ccccc2c1N=Nc1ccc(Cc2ccc(N=Nc3c(O)ccc4ccccc34)cc2)cc1. The largest absolute Gasteiger partial charge is 0.506 e. The molecule has 6 aromatic carbocycles. The Labute approximate surface area is 225 Å². The van der Waals surface area contributed by atoms with Gasteiger partial charge in [-0.2, -0.15) is 10.2 Å². The lowest BCUT2D eigenvalue weighted by atomic mass is 10.0. The average molecular weight is 509 g/mol. The molecule has 0 spiro atoms. The van der Waals surface area contributed by atoms with Gasteiger partial charge in [-0.25, -0.2) is 0 Å². The number of phenolic OH excluding ortho intramolecular Hbond substituents is 2. The van der Waals surface area contributed by atoms with Gasteiger partial charge in [-0.05, 0) is 64.7 Å². The van der Waals surface area contributed by atoms with Crippen LogP contribution in [0.3, 0.4) is 0 Å². The lowest BCUT2D eigenvalue weighted by Crippen LogP contribution is -1.86. The predicted octanol–water partition coefficient (Wildman–Crippen LogP) is 9.83. The number of rotatable bonds is 6. The van der Waals surface area contributed by atoms with Crippen LogP contribution >= 0.6 is 0 Å². The third-order valence-corrected chi connectivity index (χ3v) is 6.57. The second-order valence-corrected chi connectivity index (χ2v) is 9.22. The second-order valence-electron chi connectivity index (χ2n) is 9.22. The van der Waals surface area contributed by atoms with E-state index in [9.17, 15) is 10.2 Å². The molecule has 0 saturated carbocycles. The average Bonchev–Trinajstić information content (AvgIpc) is 2.98. The van der Waals surface area contributed by atoms with Gasteiger partial charge in [0.15, 0.2) is 0 Å². The van der Waals surface area contributed by atoms with Gasteiger partial charge in [0, 0.05) is 10.8 Å². The van der Waals surface area contributed by atoms with E-state index >= 15 is 0 Å². The summed E-state index contributed by atoms with van der Waals surface area (Å²) < 4.78 is 0. The molecule has 188 valence electrons. The van der Waals surface area contributed by atoms with Gasteiger partial charge in [0.2, 0.25) is 0 Å². The molecule has 0 amide bonds. The van der Waals surface area contributed by atoms with Crippen LogP contribution in [-0.4, -0.2) is 10.2 Å². The summed E-state index contributed by atoms with van der Waals surface area (Å²) in [5.41, 5.74) is 4.61. The highest BCUT2D eigenvalue weighted by Gasteiger charge is 2.07. The number of hydrogen-bond acceptors (Lipinski definition) is 6. The van der Waals surface area contributed by atoms with Crippen LogP contribution in [-0.2, 0) is 6.42 Å². The first-order valence-electron chi connectivity index (χ1n) is 12.6. The molecule has 0 radical (unpaired) electrons. The van der Waals surface area contributed by atoms with Crippen molar-refractivity contribution in [3.63, 3.8) is 0 Å². The maximum Gasteiger partial charge on any atom is 0.143 e. The van der Waals surface area contributed by atoms with Crippen molar-refractivity contribution in [1.29, 1.82) is 0 Å². The van der Waals surface area contributed by atoms with Gasteiger partial charge in [-0.15, -0.1) is 10.2 Å². The Kier molecular flexibility index (Phi) is 6.50. The van der Waals surface area contributed by atoms with Crippen LogP contribution in [0.15, 0.2) is 142 Å². The van der Waals surface area contributed by atoms with Gasteiger partial charge in [0.25, 0.3) is 0 Å². The van der Waals surface area contributed by atoms with Crippen LogP contribution in [0.4, 0.5) is 22.7 Å². The summed E-state index contributed by atoms with van der Waals surface area (Å²) in [6.45, 7) is 0. The normalized spacial score (nSPS) is 11.7. The van der Waals surface area contributed by atoms with Crippen molar-refractivity contribution in [2.24, 2.45) is 20.5 Å². The van der Waals surface area contributed by atoms with Crippen LogP contribution in [0.5, 0.6) is 11.5 Å². The fraction of sp³-hybridized carbons (Fsp3) is 0.0303. The topological polar surface area (TPSA) is 89.9 Å². The molecule has 6 nitrogen and oxygen atoms in total. The van der Waals surface area contributed by atoms with E-state index in [1.54, 1.807) is 12.1 Å². The molecule has 0 atom stereocenters. The summed E-state index contributed by atoms with van der Waals surface area (Å²) in [7, 11) is 0. The monoisotopic (exact) mass is 508 g/mol. The van der Waals surface area contributed by atoms with Crippen molar-refractivity contribution >= 4 is 44.3 Å². The zero-order chi connectivity index (χ0) is 26.6. The minimum atomic E-state index is 0.103. The smallest absolute Gasteiger partial charge is 0.143 e. The molecule has 0 fully saturated rings. The molecule has 0 aliphatic rings. The van der Waals surface area contributed by atoms with Crippen molar-refractivity contribution < 1.29 is 10.2 Å². The fourth-order valence-electron chi connectivity index (χ4n) is 4.51. The molecule has 0 saturated heterocycles. The molecule has 0 aliphatic heterocycles. The number of phenols is 2. The minimum absolute atomic E-state index is 0.103. The highest BCUT2D eigenvalue weighted by Crippen LogP contribution is 2.37. The second kappa shape index (κ2) is 10.6. The Morgan fingerprint density at radius 2 is 0.821 bits per heavy atom. The molecular formula is C33H24N4O2. The molecule has 6 rings (SSSR count). The molecule has 0 aliphatic carbocycles. The first-order chi connectivity index (χ1) is 19.1. The van der Waals surface area contributed by atoms with Gasteiger partial charge in [0.05, 0.1) is 11.4 Å². The van der Waals surface area contributed by atoms with Gasteiger partial charge >= 0.3 is 0 Å². The zero-order valence-electron chi connectivity index (χ0n) is 20.9. The number of benzene rings is 6. The molecule has 0 bridgehead atoms. The summed E-state index contributed by atoms with van der Waals surface area (Å²) in [5, 5.41) is 41.6. The third kappa shape index (κ3) is 5.22. The van der Waals surface area contributed by atoms with Gasteiger partial charge in [-0.3, -0.25) is 0 Å². The molecule has 6 heteroatoms. The number of hydrogen-bond donors (Lipinski definition) is 2. The van der Waals surface area contributed by atoms with Crippen molar-refractivity contribution in [2.75, 3.05) is 0 Å². The van der Waals surface area contributed by atoms with E-state index in [0.717, 1.165) is 39.1 Å². The van der Waals surface area contributed by atoms with E-state index in [2.05, 4.69) is 20.5 Å². The quantitative estimate of drug-likeness (QED) is 0.219. The maximum absolute atomic E-state index is 10.3. The predicted molar refractivity (Wildman–Crippen MR) is 155 cm³/mol. The highest BCUT2D eigenvalue weighted by molar-refractivity contribution is 5.96. The molecule has 39 heavy (non-hydrogen) atoms. The van der Waals surface area contributed by atoms with Crippen LogP contribution in [0, 0.1) is 0 Å². The van der Waals surface area contributed by atoms with Crippen molar-refractivity contribution in [2.45, 2.75) is 6.42 Å². The lowest BCUT2D eigenvalue weighted by molar-refractivity contribution is 0.476. The summed E-state index contributed by atoms with van der Waals surface area (Å²) in [5.74, 6) is 0.206. The van der Waals surface area contributed by atoms with Crippen LogP contribution in [0.2, 0.25) is 0 Å².